The molecule has 3 heterocycles. The minimum absolute atomic E-state index is 0.00656. The highest BCUT2D eigenvalue weighted by atomic mass is 35.5. The highest BCUT2D eigenvalue weighted by Crippen LogP contribution is 2.32. The van der Waals surface area contributed by atoms with E-state index in [0.717, 1.165) is 48.9 Å². The maximum Gasteiger partial charge on any atom is 0.490 e. The van der Waals surface area contributed by atoms with Gasteiger partial charge in [-0.1, -0.05) is 29.8 Å². The molecule has 43 heavy (non-hydrogen) atoms. The number of carboxylic acid groups (broad SMARTS) is 2. The van der Waals surface area contributed by atoms with Gasteiger partial charge in [-0.05, 0) is 49.0 Å². The second kappa shape index (κ2) is 15.7. The number of nitrogens with zero attached hydrogens (tertiary/aromatic N) is 2. The van der Waals surface area contributed by atoms with Crippen LogP contribution in [-0.4, -0.2) is 95.1 Å². The zero-order valence-corrected chi connectivity index (χ0v) is 24.3. The van der Waals surface area contributed by atoms with E-state index in [-0.39, 0.29) is 11.5 Å². The first-order valence-electron chi connectivity index (χ1n) is 12.6. The first-order chi connectivity index (χ1) is 19.9. The predicted octanol–water partition coefficient (Wildman–Crippen LogP) is 4.65. The van der Waals surface area contributed by atoms with E-state index < -0.39 is 30.4 Å². The Balaban J connectivity index is 0.000000384. The van der Waals surface area contributed by atoms with Crippen molar-refractivity contribution in [2.24, 2.45) is 0 Å². The first kappa shape index (κ1) is 36.3. The summed E-state index contributed by atoms with van der Waals surface area (Å²) in [5.74, 6) is -5.52. The van der Waals surface area contributed by atoms with Crippen LogP contribution >= 0.6 is 22.9 Å². The number of rotatable bonds is 5. The molecule has 3 N–H and O–H groups in total. The molecule has 1 spiro atoms. The number of nitrogens with one attached hydrogen (secondary N) is 1. The smallest absolute Gasteiger partial charge is 0.475 e. The van der Waals surface area contributed by atoms with Crippen molar-refractivity contribution < 1.29 is 55.7 Å². The topological polar surface area (TPSA) is 119 Å². The number of benzene rings is 1. The molecule has 0 radical (unpaired) electrons. The Kier molecular flexibility index (Phi) is 13.2. The summed E-state index contributed by atoms with van der Waals surface area (Å²) in [7, 11) is 2.09. The third kappa shape index (κ3) is 12.7. The number of hydrogen-bond donors (Lipinski definition) is 3. The van der Waals surface area contributed by atoms with Crippen molar-refractivity contribution in [3.63, 3.8) is 0 Å². The van der Waals surface area contributed by atoms with Crippen molar-refractivity contribution in [3.8, 4) is 0 Å². The van der Waals surface area contributed by atoms with Gasteiger partial charge < -0.3 is 25.2 Å². The van der Waals surface area contributed by atoms with Crippen molar-refractivity contribution in [1.82, 2.24) is 15.1 Å². The zero-order valence-electron chi connectivity index (χ0n) is 22.8. The van der Waals surface area contributed by atoms with Crippen LogP contribution in [0.4, 0.5) is 26.3 Å². The number of carbonyl (C=O) groups is 3. The number of halogens is 7. The summed E-state index contributed by atoms with van der Waals surface area (Å²) in [5.41, 5.74) is 1.05. The van der Waals surface area contributed by atoms with E-state index in [9.17, 15) is 31.1 Å². The number of alkyl halides is 6. The van der Waals surface area contributed by atoms with Gasteiger partial charge in [0.05, 0.1) is 12.1 Å². The number of ether oxygens (including phenoxy) is 1. The van der Waals surface area contributed by atoms with Crippen LogP contribution < -0.4 is 5.32 Å². The van der Waals surface area contributed by atoms with Gasteiger partial charge in [0.1, 0.15) is 6.10 Å². The Morgan fingerprint density at radius 2 is 1.56 bits per heavy atom. The molecule has 2 aliphatic rings. The van der Waals surface area contributed by atoms with Gasteiger partial charge in [-0.15, -0.1) is 11.3 Å². The average molecular weight is 662 g/mol. The second-order valence-corrected chi connectivity index (χ2v) is 11.3. The number of amides is 1. The quantitative estimate of drug-likeness (QED) is 0.397. The van der Waals surface area contributed by atoms with Crippen molar-refractivity contribution in [2.45, 2.75) is 50.0 Å². The lowest BCUT2D eigenvalue weighted by Gasteiger charge is -2.48. The first-order valence-corrected chi connectivity index (χ1v) is 13.9. The van der Waals surface area contributed by atoms with Gasteiger partial charge in [-0.2, -0.15) is 26.3 Å². The number of thiophene rings is 1. The fourth-order valence-corrected chi connectivity index (χ4v) is 5.07. The van der Waals surface area contributed by atoms with Gasteiger partial charge in [0.15, 0.2) is 0 Å². The Bertz CT molecular complexity index is 1170. The molecule has 1 unspecified atom stereocenters. The molecular weight excluding hydrogens is 632 g/mol. The molecule has 4 rings (SSSR count). The fourth-order valence-electron chi connectivity index (χ4n) is 4.30. The van der Waals surface area contributed by atoms with Crippen LogP contribution in [-0.2, 0) is 32.2 Å². The number of aliphatic carboxylic acids is 2. The average Bonchev–Trinajstić information content (AvgIpc) is 3.43. The van der Waals surface area contributed by atoms with Crippen LogP contribution in [0.5, 0.6) is 0 Å². The number of likely N-dealkylation sites (N-methyl/N-ethyl adjacent to an activating group) is 1. The summed E-state index contributed by atoms with van der Waals surface area (Å²) in [6.07, 6.45) is -8.68. The number of carboxylic acids is 2. The lowest BCUT2D eigenvalue weighted by Crippen LogP contribution is -2.61. The summed E-state index contributed by atoms with van der Waals surface area (Å²) in [4.78, 5) is 36.4. The molecular formula is C26H30ClF6N3O6S. The monoisotopic (exact) mass is 661 g/mol. The predicted molar refractivity (Wildman–Crippen MR) is 145 cm³/mol. The Labute approximate surface area is 252 Å². The largest absolute Gasteiger partial charge is 0.490 e. The van der Waals surface area contributed by atoms with Crippen molar-refractivity contribution in [1.29, 1.82) is 0 Å². The number of likely N-dealkylation sites (tertiary alicyclic amines) is 1. The van der Waals surface area contributed by atoms with Gasteiger partial charge in [0, 0.05) is 42.6 Å². The summed E-state index contributed by atoms with van der Waals surface area (Å²) in [5, 5.41) is 20.1. The molecule has 0 aliphatic carbocycles. The molecule has 1 aromatic heterocycles. The highest BCUT2D eigenvalue weighted by Gasteiger charge is 2.44. The Morgan fingerprint density at radius 1 is 1.02 bits per heavy atom. The SMILES string of the molecule is CN1CC(C(=O)NCc2cccs2)OC2(CCN(Cc3ccc(Cl)cc3)CC2)C1.O=C(O)C(F)(F)F.O=C(O)C(F)(F)F. The van der Waals surface area contributed by atoms with E-state index in [1.807, 2.05) is 29.6 Å². The van der Waals surface area contributed by atoms with Gasteiger partial charge in [-0.3, -0.25) is 9.69 Å². The van der Waals surface area contributed by atoms with E-state index in [2.05, 4.69) is 34.3 Å². The van der Waals surface area contributed by atoms with Gasteiger partial charge in [0.25, 0.3) is 5.91 Å². The Hall–Kier alpha value is -2.92. The lowest BCUT2D eigenvalue weighted by molar-refractivity contribution is -0.193. The fraction of sp³-hybridized carbons (Fsp3) is 0.500. The van der Waals surface area contributed by atoms with Crippen LogP contribution in [0.2, 0.25) is 5.02 Å². The summed E-state index contributed by atoms with van der Waals surface area (Å²) in [6, 6.07) is 12.1. The highest BCUT2D eigenvalue weighted by molar-refractivity contribution is 7.09. The summed E-state index contributed by atoms with van der Waals surface area (Å²) in [6.45, 7) is 4.97. The Morgan fingerprint density at radius 3 is 2.02 bits per heavy atom. The molecule has 2 aromatic rings. The number of piperidine rings is 1. The molecule has 1 amide bonds. The van der Waals surface area contributed by atoms with Gasteiger partial charge in [-0.25, -0.2) is 9.59 Å². The molecule has 17 heteroatoms. The van der Waals surface area contributed by atoms with Crippen LogP contribution in [0.1, 0.15) is 23.3 Å². The van der Waals surface area contributed by atoms with E-state index >= 15 is 0 Å². The minimum Gasteiger partial charge on any atom is -0.475 e. The second-order valence-electron chi connectivity index (χ2n) is 9.79. The van der Waals surface area contributed by atoms with E-state index in [4.69, 9.17) is 36.1 Å². The van der Waals surface area contributed by atoms with E-state index in [0.29, 0.717) is 13.1 Å². The maximum atomic E-state index is 12.7. The van der Waals surface area contributed by atoms with Crippen LogP contribution in [0.15, 0.2) is 41.8 Å². The van der Waals surface area contributed by atoms with E-state index in [1.54, 1.807) is 11.3 Å². The van der Waals surface area contributed by atoms with Gasteiger partial charge >= 0.3 is 24.3 Å². The molecule has 1 aromatic carbocycles. The maximum absolute atomic E-state index is 12.7. The molecule has 0 saturated carbocycles. The molecule has 2 fully saturated rings. The van der Waals surface area contributed by atoms with Crippen LogP contribution in [0.3, 0.4) is 0 Å². The zero-order chi connectivity index (χ0) is 32.4. The molecule has 240 valence electrons. The van der Waals surface area contributed by atoms with Crippen LogP contribution in [0, 0.1) is 0 Å². The third-order valence-corrected chi connectivity index (χ3v) is 7.44. The van der Waals surface area contributed by atoms with Crippen molar-refractivity contribution in [2.75, 3.05) is 33.2 Å². The summed E-state index contributed by atoms with van der Waals surface area (Å²) >= 11 is 7.65. The number of hydrogen-bond acceptors (Lipinski definition) is 7. The molecule has 1 atom stereocenters. The van der Waals surface area contributed by atoms with Gasteiger partial charge in [0.2, 0.25) is 0 Å². The molecule has 9 nitrogen and oxygen atoms in total. The molecule has 2 saturated heterocycles. The summed E-state index contributed by atoms with van der Waals surface area (Å²) < 4.78 is 69.9. The number of carbonyl (C=O) groups excluding carboxylic acids is 1. The molecule has 2 aliphatic heterocycles. The molecule has 0 bridgehead atoms. The van der Waals surface area contributed by atoms with E-state index in [1.165, 1.54) is 5.56 Å². The van der Waals surface area contributed by atoms with Crippen molar-refractivity contribution >= 4 is 40.8 Å². The number of morpholine rings is 1. The normalized spacial score (nSPS) is 18.9. The van der Waals surface area contributed by atoms with Crippen molar-refractivity contribution in [3.05, 3.63) is 57.2 Å². The van der Waals surface area contributed by atoms with Crippen LogP contribution in [0.25, 0.3) is 0 Å². The minimum atomic E-state index is -5.08. The lowest BCUT2D eigenvalue weighted by atomic mass is 9.88. The third-order valence-electron chi connectivity index (χ3n) is 6.31. The standard InChI is InChI=1S/C22H28ClN3O2S.2C2HF3O2/c1-25-15-20(21(27)24-13-19-3-2-12-29-19)28-22(16-25)8-10-26(11-9-22)14-17-4-6-18(23)7-5-17;2*3-2(4,5)1(6)7/h2-7,12,20H,8-11,13-16H2,1H3,(H,24,27);2*(H,6,7).